The quantitative estimate of drug-likeness (QED) is 0.588. The molecule has 1 saturated carbocycles. The number of phenolic OH excluding ortho intramolecular Hbond substituents is 2. The second-order valence-corrected chi connectivity index (χ2v) is 4.65. The topological polar surface area (TPSA) is 72.7 Å². The van der Waals surface area contributed by atoms with Crippen LogP contribution in [0.5, 0.6) is 11.5 Å². The molecule has 0 aromatic heterocycles. The highest BCUT2D eigenvalue weighted by molar-refractivity contribution is 5.41. The van der Waals surface area contributed by atoms with E-state index >= 15 is 0 Å². The van der Waals surface area contributed by atoms with Gasteiger partial charge in [-0.25, -0.2) is 0 Å². The van der Waals surface area contributed by atoms with Crippen LogP contribution in [0.1, 0.15) is 37.9 Å². The average molecular weight is 237 g/mol. The van der Waals surface area contributed by atoms with Crippen LogP contribution >= 0.6 is 0 Å². The zero-order chi connectivity index (χ0) is 12.4. The van der Waals surface area contributed by atoms with Crippen molar-refractivity contribution in [3.05, 3.63) is 23.8 Å². The number of aliphatic hydroxyl groups is 1. The monoisotopic (exact) mass is 237 g/mol. The molecule has 0 spiro atoms. The highest BCUT2D eigenvalue weighted by Gasteiger charge is 2.28. The fraction of sp³-hybridized carbons (Fsp3) is 0.538. The molecule has 0 heterocycles. The molecule has 0 bridgehead atoms. The minimum Gasteiger partial charge on any atom is -0.504 e. The molecule has 94 valence electrons. The van der Waals surface area contributed by atoms with Gasteiger partial charge in [-0.1, -0.05) is 13.0 Å². The minimum absolute atomic E-state index is 0.00792. The number of aromatic hydroxyl groups is 2. The van der Waals surface area contributed by atoms with E-state index in [4.69, 9.17) is 0 Å². The third-order valence-electron chi connectivity index (χ3n) is 3.19. The van der Waals surface area contributed by atoms with Crippen molar-refractivity contribution in [3.63, 3.8) is 0 Å². The predicted octanol–water partition coefficient (Wildman–Crippen LogP) is 1.66. The van der Waals surface area contributed by atoms with Crippen LogP contribution in [0, 0.1) is 0 Å². The fourth-order valence-electron chi connectivity index (χ4n) is 1.94. The van der Waals surface area contributed by atoms with Crippen molar-refractivity contribution in [1.82, 2.24) is 5.32 Å². The number of benzene rings is 1. The molecule has 1 aromatic carbocycles. The predicted molar refractivity (Wildman–Crippen MR) is 65.0 cm³/mol. The molecule has 4 N–H and O–H groups in total. The molecule has 0 aliphatic heterocycles. The standard InChI is InChI=1S/C13H19NO3/c1-2-10(14-9-4-5-9)13(17)8-3-6-11(15)12(16)7-8/h3,6-7,9-10,13-17H,2,4-5H2,1H3. The van der Waals surface area contributed by atoms with Crippen LogP contribution < -0.4 is 5.32 Å². The molecule has 1 aliphatic carbocycles. The first kappa shape index (κ1) is 12.2. The molecule has 4 nitrogen and oxygen atoms in total. The van der Waals surface area contributed by atoms with Crippen LogP contribution in [0.2, 0.25) is 0 Å². The Bertz CT molecular complexity index is 390. The van der Waals surface area contributed by atoms with E-state index in [1.807, 2.05) is 6.92 Å². The largest absolute Gasteiger partial charge is 0.504 e. The summed E-state index contributed by atoms with van der Waals surface area (Å²) in [6, 6.07) is 4.97. The van der Waals surface area contributed by atoms with Gasteiger partial charge >= 0.3 is 0 Å². The highest BCUT2D eigenvalue weighted by atomic mass is 16.3. The molecule has 1 aliphatic rings. The molecule has 1 fully saturated rings. The van der Waals surface area contributed by atoms with E-state index in [1.165, 1.54) is 25.0 Å². The first-order valence-corrected chi connectivity index (χ1v) is 6.07. The summed E-state index contributed by atoms with van der Waals surface area (Å²) in [7, 11) is 0. The van der Waals surface area contributed by atoms with Crippen LogP contribution in [0.4, 0.5) is 0 Å². The van der Waals surface area contributed by atoms with Gasteiger partial charge in [-0.05, 0) is 37.0 Å². The third kappa shape index (κ3) is 2.90. The molecule has 0 saturated heterocycles. The Hall–Kier alpha value is -1.26. The molecular weight excluding hydrogens is 218 g/mol. The Kier molecular flexibility index (Phi) is 3.54. The SMILES string of the molecule is CCC(NC1CC1)C(O)c1ccc(O)c(O)c1. The zero-order valence-corrected chi connectivity index (χ0v) is 9.93. The van der Waals surface area contributed by atoms with Gasteiger partial charge in [-0.3, -0.25) is 0 Å². The Morgan fingerprint density at radius 2 is 2.00 bits per heavy atom. The fourth-order valence-corrected chi connectivity index (χ4v) is 1.94. The molecule has 2 atom stereocenters. The van der Waals surface area contributed by atoms with Crippen molar-refractivity contribution in [2.24, 2.45) is 0 Å². The first-order valence-electron chi connectivity index (χ1n) is 6.07. The van der Waals surface area contributed by atoms with E-state index in [9.17, 15) is 15.3 Å². The Morgan fingerprint density at radius 1 is 1.29 bits per heavy atom. The second-order valence-electron chi connectivity index (χ2n) is 4.65. The van der Waals surface area contributed by atoms with Crippen LogP contribution in [0.25, 0.3) is 0 Å². The van der Waals surface area contributed by atoms with Gasteiger partial charge in [0.2, 0.25) is 0 Å². The number of aliphatic hydroxyl groups excluding tert-OH is 1. The van der Waals surface area contributed by atoms with Gasteiger partial charge < -0.3 is 20.6 Å². The van der Waals surface area contributed by atoms with Gasteiger partial charge in [0.15, 0.2) is 11.5 Å². The number of phenols is 2. The van der Waals surface area contributed by atoms with Gasteiger partial charge in [0.05, 0.1) is 6.10 Å². The first-order chi connectivity index (χ1) is 8.11. The Balaban J connectivity index is 2.09. The van der Waals surface area contributed by atoms with Crippen molar-refractivity contribution in [2.45, 2.75) is 44.4 Å². The van der Waals surface area contributed by atoms with Gasteiger partial charge in [0, 0.05) is 12.1 Å². The Morgan fingerprint density at radius 3 is 2.53 bits per heavy atom. The lowest BCUT2D eigenvalue weighted by Crippen LogP contribution is -2.35. The van der Waals surface area contributed by atoms with Gasteiger partial charge in [-0.15, -0.1) is 0 Å². The van der Waals surface area contributed by atoms with Crippen LogP contribution in [0.15, 0.2) is 18.2 Å². The summed E-state index contributed by atoms with van der Waals surface area (Å²) in [4.78, 5) is 0. The third-order valence-corrected chi connectivity index (χ3v) is 3.19. The van der Waals surface area contributed by atoms with Crippen LogP contribution in [-0.2, 0) is 0 Å². The van der Waals surface area contributed by atoms with Crippen molar-refractivity contribution < 1.29 is 15.3 Å². The number of hydrogen-bond acceptors (Lipinski definition) is 4. The van der Waals surface area contributed by atoms with E-state index < -0.39 is 6.10 Å². The molecule has 2 unspecified atom stereocenters. The lowest BCUT2D eigenvalue weighted by atomic mass is 9.99. The number of nitrogens with one attached hydrogen (secondary N) is 1. The summed E-state index contributed by atoms with van der Waals surface area (Å²) in [5.74, 6) is -0.355. The smallest absolute Gasteiger partial charge is 0.157 e. The summed E-state index contributed by atoms with van der Waals surface area (Å²) >= 11 is 0. The van der Waals surface area contributed by atoms with E-state index in [1.54, 1.807) is 6.07 Å². The molecule has 0 amide bonds. The molecular formula is C13H19NO3. The zero-order valence-electron chi connectivity index (χ0n) is 9.93. The maximum absolute atomic E-state index is 10.2. The summed E-state index contributed by atoms with van der Waals surface area (Å²) < 4.78 is 0. The maximum Gasteiger partial charge on any atom is 0.157 e. The van der Waals surface area contributed by atoms with Crippen molar-refractivity contribution in [2.75, 3.05) is 0 Å². The molecule has 0 radical (unpaired) electrons. The molecule has 17 heavy (non-hydrogen) atoms. The van der Waals surface area contributed by atoms with Crippen LogP contribution in [-0.4, -0.2) is 27.4 Å². The van der Waals surface area contributed by atoms with E-state index in [-0.39, 0.29) is 17.5 Å². The van der Waals surface area contributed by atoms with Gasteiger partial charge in [-0.2, -0.15) is 0 Å². The van der Waals surface area contributed by atoms with E-state index in [2.05, 4.69) is 5.32 Å². The van der Waals surface area contributed by atoms with Crippen molar-refractivity contribution in [1.29, 1.82) is 0 Å². The van der Waals surface area contributed by atoms with E-state index in [0.717, 1.165) is 6.42 Å². The van der Waals surface area contributed by atoms with E-state index in [0.29, 0.717) is 11.6 Å². The average Bonchev–Trinajstić information content (AvgIpc) is 3.12. The van der Waals surface area contributed by atoms with Crippen molar-refractivity contribution in [3.8, 4) is 11.5 Å². The second kappa shape index (κ2) is 4.94. The Labute approximate surface area is 101 Å². The summed E-state index contributed by atoms with van der Waals surface area (Å²) in [6.45, 7) is 2.02. The highest BCUT2D eigenvalue weighted by Crippen LogP contribution is 2.30. The van der Waals surface area contributed by atoms with Gasteiger partial charge in [0.25, 0.3) is 0 Å². The normalized spacial score (nSPS) is 18.9. The molecule has 1 aromatic rings. The number of rotatable bonds is 5. The number of hydrogen-bond donors (Lipinski definition) is 4. The summed E-state index contributed by atoms with van der Waals surface area (Å²) in [5, 5.41) is 32.2. The van der Waals surface area contributed by atoms with Crippen molar-refractivity contribution >= 4 is 0 Å². The molecule has 4 heteroatoms. The lowest BCUT2D eigenvalue weighted by molar-refractivity contribution is 0.124. The van der Waals surface area contributed by atoms with Gasteiger partial charge in [0.1, 0.15) is 0 Å². The minimum atomic E-state index is -0.660. The summed E-state index contributed by atoms with van der Waals surface area (Å²) in [5.41, 5.74) is 0.625. The summed E-state index contributed by atoms with van der Waals surface area (Å²) in [6.07, 6.45) is 2.50. The van der Waals surface area contributed by atoms with Crippen LogP contribution in [0.3, 0.4) is 0 Å². The lowest BCUT2D eigenvalue weighted by Gasteiger charge is -2.23. The molecule has 2 rings (SSSR count). The maximum atomic E-state index is 10.2.